The highest BCUT2D eigenvalue weighted by Crippen LogP contribution is 2.14. The van der Waals surface area contributed by atoms with Gasteiger partial charge in [0.15, 0.2) is 12.1 Å². The fraction of sp³-hybridized carbons (Fsp3) is 0.829. The molecule has 0 aliphatic carbocycles. The fourth-order valence-electron chi connectivity index (χ4n) is 5.73. The van der Waals surface area contributed by atoms with Crippen LogP contribution < -0.4 is 0 Å². The van der Waals surface area contributed by atoms with Crippen molar-refractivity contribution in [2.45, 2.75) is 180 Å². The second-order valence-electron chi connectivity index (χ2n) is 14.6. The van der Waals surface area contributed by atoms with Crippen molar-refractivity contribution in [2.75, 3.05) is 41.0 Å². The lowest BCUT2D eigenvalue weighted by atomic mass is 10.1. The number of allylic oxidation sites excluding steroid dienone is 4. The first-order valence-corrected chi connectivity index (χ1v) is 19.9. The van der Waals surface area contributed by atoms with Gasteiger partial charge in [-0.3, -0.25) is 9.59 Å². The van der Waals surface area contributed by atoms with E-state index in [2.05, 4.69) is 38.2 Å². The van der Waals surface area contributed by atoms with Gasteiger partial charge in [-0.05, 0) is 38.5 Å². The first kappa shape index (κ1) is 46.8. The zero-order valence-electron chi connectivity index (χ0n) is 32.4. The average Bonchev–Trinajstić information content (AvgIpc) is 3.05. The summed E-state index contributed by atoms with van der Waals surface area (Å²) < 4.78 is 17.2. The number of quaternary nitrogens is 1. The maximum absolute atomic E-state index is 12.6. The standard InChI is InChI=1S/C41H75NO7/c1-6-8-10-12-14-16-18-19-20-21-22-24-25-27-29-31-39(43)48-36-37(35-47-34-33-38(41(45)46)42(3,4)5)49-40(44)32-30-28-26-23-17-15-13-11-9-7-2/h14,16,18-19,37-38H,6-13,15,17,20-36H2,1-5H3/p+1/b16-14+,19-18+. The van der Waals surface area contributed by atoms with Gasteiger partial charge in [0.2, 0.25) is 0 Å². The molecule has 0 radical (unpaired) electrons. The van der Waals surface area contributed by atoms with E-state index in [0.29, 0.717) is 19.3 Å². The van der Waals surface area contributed by atoms with Gasteiger partial charge in [-0.1, -0.05) is 134 Å². The van der Waals surface area contributed by atoms with Crippen LogP contribution in [0.15, 0.2) is 24.3 Å². The molecule has 49 heavy (non-hydrogen) atoms. The lowest BCUT2D eigenvalue weighted by Crippen LogP contribution is -2.50. The largest absolute Gasteiger partial charge is 0.477 e. The molecule has 0 aromatic rings. The number of nitrogens with zero attached hydrogens (tertiary/aromatic N) is 1. The van der Waals surface area contributed by atoms with Crippen LogP contribution in [0.4, 0.5) is 0 Å². The normalized spacial score (nSPS) is 13.2. The molecular weight excluding hydrogens is 618 g/mol. The molecule has 0 amide bonds. The molecule has 0 bridgehead atoms. The maximum Gasteiger partial charge on any atom is 0.362 e. The highest BCUT2D eigenvalue weighted by Gasteiger charge is 2.31. The third-order valence-electron chi connectivity index (χ3n) is 8.88. The monoisotopic (exact) mass is 695 g/mol. The Morgan fingerprint density at radius 2 is 1.06 bits per heavy atom. The highest BCUT2D eigenvalue weighted by atomic mass is 16.6. The minimum atomic E-state index is -0.877. The summed E-state index contributed by atoms with van der Waals surface area (Å²) >= 11 is 0. The Hall–Kier alpha value is -2.19. The Morgan fingerprint density at radius 3 is 1.57 bits per heavy atom. The smallest absolute Gasteiger partial charge is 0.362 e. The van der Waals surface area contributed by atoms with E-state index in [-0.39, 0.29) is 36.2 Å². The Labute approximate surface area is 301 Å². The van der Waals surface area contributed by atoms with Gasteiger partial charge in [0.05, 0.1) is 34.4 Å². The molecule has 286 valence electrons. The predicted molar refractivity (Wildman–Crippen MR) is 202 cm³/mol. The number of hydrogen-bond acceptors (Lipinski definition) is 6. The van der Waals surface area contributed by atoms with Crippen LogP contribution in [-0.2, 0) is 28.6 Å². The fourth-order valence-corrected chi connectivity index (χ4v) is 5.73. The van der Waals surface area contributed by atoms with E-state index in [0.717, 1.165) is 44.9 Å². The number of ether oxygens (including phenoxy) is 3. The van der Waals surface area contributed by atoms with Crippen LogP contribution in [0.1, 0.15) is 168 Å². The summed E-state index contributed by atoms with van der Waals surface area (Å²) in [5, 5.41) is 9.58. The molecule has 0 aliphatic heterocycles. The molecule has 1 N–H and O–H groups in total. The van der Waals surface area contributed by atoms with E-state index >= 15 is 0 Å². The molecule has 0 heterocycles. The van der Waals surface area contributed by atoms with Crippen molar-refractivity contribution < 1.29 is 38.2 Å². The van der Waals surface area contributed by atoms with Crippen molar-refractivity contribution in [2.24, 2.45) is 0 Å². The van der Waals surface area contributed by atoms with E-state index < -0.39 is 18.1 Å². The summed E-state index contributed by atoms with van der Waals surface area (Å²) in [6.45, 7) is 4.68. The number of likely N-dealkylation sites (N-methyl/N-ethyl adjacent to an activating group) is 1. The first-order chi connectivity index (χ1) is 23.6. The average molecular weight is 695 g/mol. The summed E-state index contributed by atoms with van der Waals surface area (Å²) in [5.41, 5.74) is 0. The van der Waals surface area contributed by atoms with Gasteiger partial charge in [0.1, 0.15) is 6.61 Å². The number of unbranched alkanes of at least 4 members (excludes halogenated alkanes) is 18. The van der Waals surface area contributed by atoms with Crippen LogP contribution in [0.2, 0.25) is 0 Å². The zero-order chi connectivity index (χ0) is 36.4. The third kappa shape index (κ3) is 31.5. The molecule has 2 unspecified atom stereocenters. The van der Waals surface area contributed by atoms with Crippen LogP contribution in [0, 0.1) is 0 Å². The topological polar surface area (TPSA) is 99.1 Å². The Balaban J connectivity index is 4.39. The van der Waals surface area contributed by atoms with E-state index in [9.17, 15) is 19.5 Å². The van der Waals surface area contributed by atoms with Crippen LogP contribution >= 0.6 is 0 Å². The highest BCUT2D eigenvalue weighted by molar-refractivity contribution is 5.72. The van der Waals surface area contributed by atoms with Crippen molar-refractivity contribution in [1.29, 1.82) is 0 Å². The quantitative estimate of drug-likeness (QED) is 0.0305. The summed E-state index contributed by atoms with van der Waals surface area (Å²) in [6, 6.07) is -0.612. The van der Waals surface area contributed by atoms with Crippen LogP contribution in [0.5, 0.6) is 0 Å². The Bertz CT molecular complexity index is 864. The van der Waals surface area contributed by atoms with Gasteiger partial charge >= 0.3 is 17.9 Å². The van der Waals surface area contributed by atoms with Crippen LogP contribution in [0.25, 0.3) is 0 Å². The zero-order valence-corrected chi connectivity index (χ0v) is 32.4. The van der Waals surface area contributed by atoms with Crippen LogP contribution in [0.3, 0.4) is 0 Å². The molecular formula is C41H76NO7+. The maximum atomic E-state index is 12.6. The summed E-state index contributed by atoms with van der Waals surface area (Å²) in [6.07, 6.45) is 33.5. The van der Waals surface area contributed by atoms with Crippen molar-refractivity contribution in [3.63, 3.8) is 0 Å². The molecule has 0 saturated carbocycles. The number of carbonyl (C=O) groups excluding carboxylic acids is 2. The SMILES string of the molecule is CCCCC/C=C/C=C/CCCCCCCCC(=O)OCC(COCCC(C(=O)O)[N+](C)(C)C)OC(=O)CCCCCCCCCCCC. The molecule has 0 saturated heterocycles. The molecule has 0 fully saturated rings. The van der Waals surface area contributed by atoms with Gasteiger partial charge in [0.25, 0.3) is 0 Å². The number of aliphatic carboxylic acids is 1. The second-order valence-corrected chi connectivity index (χ2v) is 14.6. The number of hydrogen-bond donors (Lipinski definition) is 1. The summed E-state index contributed by atoms with van der Waals surface area (Å²) in [7, 11) is 5.51. The lowest BCUT2D eigenvalue weighted by Gasteiger charge is -2.31. The van der Waals surface area contributed by atoms with Crippen molar-refractivity contribution in [1.82, 2.24) is 0 Å². The number of carboxylic acids is 1. The molecule has 0 aromatic heterocycles. The Kier molecular flexibility index (Phi) is 31.5. The van der Waals surface area contributed by atoms with Gasteiger partial charge in [-0.2, -0.15) is 0 Å². The first-order valence-electron chi connectivity index (χ1n) is 19.9. The molecule has 0 aromatic carbocycles. The summed E-state index contributed by atoms with van der Waals surface area (Å²) in [4.78, 5) is 36.8. The molecule has 8 heteroatoms. The summed E-state index contributed by atoms with van der Waals surface area (Å²) in [5.74, 6) is -1.48. The van der Waals surface area contributed by atoms with E-state index in [1.54, 1.807) is 0 Å². The van der Waals surface area contributed by atoms with Crippen LogP contribution in [-0.4, -0.2) is 80.6 Å². The number of carbonyl (C=O) groups is 3. The van der Waals surface area contributed by atoms with Gasteiger partial charge in [0, 0.05) is 19.3 Å². The van der Waals surface area contributed by atoms with Gasteiger partial charge in [-0.15, -0.1) is 0 Å². The van der Waals surface area contributed by atoms with Gasteiger partial charge in [-0.25, -0.2) is 4.79 Å². The molecule has 2 atom stereocenters. The minimum Gasteiger partial charge on any atom is -0.477 e. The number of carboxylic acid groups (broad SMARTS) is 1. The molecule has 0 aliphatic rings. The molecule has 0 spiro atoms. The molecule has 0 rings (SSSR count). The van der Waals surface area contributed by atoms with E-state index in [1.165, 1.54) is 89.9 Å². The van der Waals surface area contributed by atoms with Crippen molar-refractivity contribution in [3.05, 3.63) is 24.3 Å². The molecule has 8 nitrogen and oxygen atoms in total. The van der Waals surface area contributed by atoms with Gasteiger partial charge < -0.3 is 23.8 Å². The van der Waals surface area contributed by atoms with E-state index in [4.69, 9.17) is 14.2 Å². The minimum absolute atomic E-state index is 0.0538. The second kappa shape index (κ2) is 33.0. The van der Waals surface area contributed by atoms with Crippen molar-refractivity contribution >= 4 is 17.9 Å². The van der Waals surface area contributed by atoms with E-state index in [1.807, 2.05) is 21.1 Å². The third-order valence-corrected chi connectivity index (χ3v) is 8.88. The predicted octanol–water partition coefficient (Wildman–Crippen LogP) is 10.1. The van der Waals surface area contributed by atoms with Crippen molar-refractivity contribution in [3.8, 4) is 0 Å². The number of rotatable bonds is 35. The number of esters is 2. The lowest BCUT2D eigenvalue weighted by molar-refractivity contribution is -0.887. The Morgan fingerprint density at radius 1 is 0.612 bits per heavy atom.